The van der Waals surface area contributed by atoms with E-state index >= 15 is 0 Å². The Bertz CT molecular complexity index is 736. The molecule has 0 atom stereocenters. The Kier molecular flexibility index (Phi) is 5.51. The van der Waals surface area contributed by atoms with Crippen LogP contribution in [0.1, 0.15) is 5.56 Å². The molecule has 0 radical (unpaired) electrons. The van der Waals surface area contributed by atoms with Gasteiger partial charge in [-0.3, -0.25) is 14.9 Å². The minimum absolute atomic E-state index is 0.0902. The average molecular weight is 336 g/mol. The normalized spacial score (nSPS) is 10.2. The zero-order valence-electron chi connectivity index (χ0n) is 12.0. The molecule has 1 amide bonds. The van der Waals surface area contributed by atoms with Gasteiger partial charge in [-0.25, -0.2) is 0 Å². The van der Waals surface area contributed by atoms with Gasteiger partial charge in [0.2, 0.25) is 5.91 Å². The summed E-state index contributed by atoms with van der Waals surface area (Å²) in [5, 5.41) is 25.3. The maximum atomic E-state index is 11.1. The fraction of sp³-hybridized carbons (Fsp3) is 0.133. The molecule has 0 unspecified atom stereocenters. The lowest BCUT2D eigenvalue weighted by molar-refractivity contribution is -0.384. The van der Waals surface area contributed by atoms with Crippen molar-refractivity contribution in [3.63, 3.8) is 0 Å². The van der Waals surface area contributed by atoms with E-state index in [2.05, 4.69) is 10.6 Å². The molecule has 0 bridgehead atoms. The summed E-state index contributed by atoms with van der Waals surface area (Å²) >= 11 is 5.77. The Balaban J connectivity index is 2.06. The monoisotopic (exact) mass is 335 g/mol. The van der Waals surface area contributed by atoms with Crippen LogP contribution in [0.3, 0.4) is 0 Å². The molecule has 0 aliphatic carbocycles. The van der Waals surface area contributed by atoms with E-state index in [1.165, 1.54) is 12.1 Å². The van der Waals surface area contributed by atoms with Gasteiger partial charge in [-0.2, -0.15) is 0 Å². The molecule has 0 aliphatic rings. The number of amides is 1. The van der Waals surface area contributed by atoms with E-state index in [1.54, 1.807) is 30.3 Å². The highest BCUT2D eigenvalue weighted by Crippen LogP contribution is 2.25. The van der Waals surface area contributed by atoms with Crippen LogP contribution < -0.4 is 10.6 Å². The number of hydrogen-bond acceptors (Lipinski definition) is 5. The Morgan fingerprint density at radius 1 is 1.22 bits per heavy atom. The van der Waals surface area contributed by atoms with E-state index in [0.29, 0.717) is 17.8 Å². The van der Waals surface area contributed by atoms with Crippen LogP contribution in [0, 0.1) is 10.1 Å². The molecule has 0 heterocycles. The fourth-order valence-corrected chi connectivity index (χ4v) is 2.11. The number of nitrogens with zero attached hydrogens (tertiary/aromatic N) is 1. The molecule has 8 heteroatoms. The van der Waals surface area contributed by atoms with Gasteiger partial charge >= 0.3 is 0 Å². The summed E-state index contributed by atoms with van der Waals surface area (Å²) in [4.78, 5) is 21.5. The highest BCUT2D eigenvalue weighted by Gasteiger charge is 2.12. The fourth-order valence-electron chi connectivity index (χ4n) is 1.92. The summed E-state index contributed by atoms with van der Waals surface area (Å²) < 4.78 is 0. The molecule has 0 aliphatic heterocycles. The summed E-state index contributed by atoms with van der Waals surface area (Å²) in [5.41, 5.74) is 1.82. The minimum Gasteiger partial charge on any atom is -0.387 e. The Hall–Kier alpha value is -2.64. The highest BCUT2D eigenvalue weighted by molar-refractivity contribution is 6.32. The third-order valence-corrected chi connectivity index (χ3v) is 3.31. The Labute approximate surface area is 137 Å². The predicted octanol–water partition coefficient (Wildman–Crippen LogP) is 2.79. The van der Waals surface area contributed by atoms with Crippen molar-refractivity contribution in [1.29, 1.82) is 0 Å². The van der Waals surface area contributed by atoms with Gasteiger partial charge in [-0.05, 0) is 29.8 Å². The number of aliphatic hydroxyl groups is 1. The lowest BCUT2D eigenvalue weighted by Crippen LogP contribution is -2.15. The van der Waals surface area contributed by atoms with Crippen molar-refractivity contribution < 1.29 is 14.8 Å². The highest BCUT2D eigenvalue weighted by atomic mass is 35.5. The van der Waals surface area contributed by atoms with Crippen molar-refractivity contribution in [2.75, 3.05) is 17.2 Å². The molecule has 0 spiro atoms. The molecule has 120 valence electrons. The van der Waals surface area contributed by atoms with Gasteiger partial charge in [0, 0.05) is 24.0 Å². The SMILES string of the molecule is O=C(CO)Nc1cccc(NCc2ccc(Cl)c([N+](=O)[O-])c2)c1. The quantitative estimate of drug-likeness (QED) is 0.556. The first-order chi connectivity index (χ1) is 11.0. The van der Waals surface area contributed by atoms with Crippen LogP contribution in [0.4, 0.5) is 17.1 Å². The van der Waals surface area contributed by atoms with E-state index in [9.17, 15) is 14.9 Å². The van der Waals surface area contributed by atoms with Gasteiger partial charge in [0.25, 0.3) is 5.69 Å². The summed E-state index contributed by atoms with van der Waals surface area (Å²) in [6, 6.07) is 11.5. The number of benzene rings is 2. The zero-order valence-corrected chi connectivity index (χ0v) is 12.7. The maximum absolute atomic E-state index is 11.1. The van der Waals surface area contributed by atoms with Crippen LogP contribution in [0.5, 0.6) is 0 Å². The van der Waals surface area contributed by atoms with E-state index in [-0.39, 0.29) is 10.7 Å². The lowest BCUT2D eigenvalue weighted by Gasteiger charge is -2.09. The van der Waals surface area contributed by atoms with Crippen molar-refractivity contribution in [2.24, 2.45) is 0 Å². The number of nitrogens with one attached hydrogen (secondary N) is 2. The topological polar surface area (TPSA) is 104 Å². The first-order valence-electron chi connectivity index (χ1n) is 6.67. The van der Waals surface area contributed by atoms with Crippen LogP contribution in [-0.2, 0) is 11.3 Å². The molecule has 2 aromatic carbocycles. The number of carbonyl (C=O) groups excluding carboxylic acids is 1. The zero-order chi connectivity index (χ0) is 16.8. The van der Waals surface area contributed by atoms with Crippen molar-refractivity contribution in [3.05, 3.63) is 63.2 Å². The van der Waals surface area contributed by atoms with Crippen LogP contribution >= 0.6 is 11.6 Å². The van der Waals surface area contributed by atoms with Crippen LogP contribution in [-0.4, -0.2) is 22.5 Å². The van der Waals surface area contributed by atoms with Gasteiger partial charge in [-0.15, -0.1) is 0 Å². The first-order valence-corrected chi connectivity index (χ1v) is 7.05. The van der Waals surface area contributed by atoms with Gasteiger partial charge < -0.3 is 15.7 Å². The second kappa shape index (κ2) is 7.57. The number of nitro benzene ring substituents is 1. The Morgan fingerprint density at radius 3 is 2.65 bits per heavy atom. The van der Waals surface area contributed by atoms with E-state index in [0.717, 1.165) is 5.69 Å². The number of anilines is 2. The van der Waals surface area contributed by atoms with Gasteiger partial charge in [0.05, 0.1) is 4.92 Å². The molecular weight excluding hydrogens is 322 g/mol. The van der Waals surface area contributed by atoms with Crippen LogP contribution in [0.15, 0.2) is 42.5 Å². The van der Waals surface area contributed by atoms with E-state index < -0.39 is 17.4 Å². The molecule has 0 fully saturated rings. The molecule has 2 rings (SSSR count). The lowest BCUT2D eigenvalue weighted by atomic mass is 10.2. The molecule has 0 saturated carbocycles. The van der Waals surface area contributed by atoms with Gasteiger partial charge in [-0.1, -0.05) is 23.7 Å². The standard InChI is InChI=1S/C15H14ClN3O4/c16-13-5-4-10(6-14(13)19(22)23)8-17-11-2-1-3-12(7-11)18-15(21)9-20/h1-7,17,20H,8-9H2,(H,18,21). The number of carbonyl (C=O) groups is 1. The van der Waals surface area contributed by atoms with E-state index in [1.807, 2.05) is 0 Å². The molecule has 0 saturated heterocycles. The van der Waals surface area contributed by atoms with Gasteiger partial charge in [0.1, 0.15) is 11.6 Å². The second-order valence-corrected chi connectivity index (χ2v) is 5.09. The van der Waals surface area contributed by atoms with Gasteiger partial charge in [0.15, 0.2) is 0 Å². The minimum atomic E-state index is -0.591. The third kappa shape index (κ3) is 4.67. The summed E-state index contributed by atoms with van der Waals surface area (Å²) in [7, 11) is 0. The molecule has 23 heavy (non-hydrogen) atoms. The second-order valence-electron chi connectivity index (χ2n) is 4.68. The molecule has 0 aromatic heterocycles. The number of halogens is 1. The number of aliphatic hydroxyl groups excluding tert-OH is 1. The van der Waals surface area contributed by atoms with Crippen molar-refractivity contribution >= 4 is 34.6 Å². The number of rotatable bonds is 6. The summed E-state index contributed by atoms with van der Waals surface area (Å²) in [6.07, 6.45) is 0. The molecular formula is C15H14ClN3O4. The largest absolute Gasteiger partial charge is 0.387 e. The molecule has 3 N–H and O–H groups in total. The summed E-state index contributed by atoms with van der Waals surface area (Å²) in [6.45, 7) is -0.235. The Morgan fingerprint density at radius 2 is 1.96 bits per heavy atom. The molecule has 2 aromatic rings. The van der Waals surface area contributed by atoms with Crippen molar-refractivity contribution in [2.45, 2.75) is 6.54 Å². The van der Waals surface area contributed by atoms with E-state index in [4.69, 9.17) is 16.7 Å². The molecule has 7 nitrogen and oxygen atoms in total. The average Bonchev–Trinajstić information content (AvgIpc) is 2.54. The van der Waals surface area contributed by atoms with Crippen LogP contribution in [0.25, 0.3) is 0 Å². The number of nitro groups is 1. The number of hydrogen-bond donors (Lipinski definition) is 3. The predicted molar refractivity (Wildman–Crippen MR) is 87.6 cm³/mol. The summed E-state index contributed by atoms with van der Waals surface area (Å²) in [5.74, 6) is -0.504. The maximum Gasteiger partial charge on any atom is 0.288 e. The smallest absolute Gasteiger partial charge is 0.288 e. The third-order valence-electron chi connectivity index (χ3n) is 2.99. The van der Waals surface area contributed by atoms with Crippen molar-refractivity contribution in [3.8, 4) is 0 Å². The van der Waals surface area contributed by atoms with Crippen LogP contribution in [0.2, 0.25) is 5.02 Å². The first kappa shape index (κ1) is 16.7. The van der Waals surface area contributed by atoms with Crippen molar-refractivity contribution in [1.82, 2.24) is 0 Å².